The van der Waals surface area contributed by atoms with E-state index in [-0.39, 0.29) is 29.3 Å². The summed E-state index contributed by atoms with van der Waals surface area (Å²) >= 11 is 6.34. The first kappa shape index (κ1) is 32.2. The Hall–Kier alpha value is -2.78. The number of nitrogens with zero attached hydrogens (tertiary/aromatic N) is 1. The lowest BCUT2D eigenvalue weighted by Gasteiger charge is -2.49. The van der Waals surface area contributed by atoms with E-state index in [4.69, 9.17) is 21.1 Å². The summed E-state index contributed by atoms with van der Waals surface area (Å²) in [6.07, 6.45) is 7.65. The minimum absolute atomic E-state index is 0.125. The van der Waals surface area contributed by atoms with Crippen LogP contribution in [-0.2, 0) is 32.6 Å². The predicted molar refractivity (Wildman–Crippen MR) is 175 cm³/mol. The number of rotatable bonds is 0. The number of hydrogen-bond donors (Lipinski definition) is 1. The van der Waals surface area contributed by atoms with Crippen LogP contribution in [0.25, 0.3) is 0 Å². The number of benzene rings is 2. The summed E-state index contributed by atoms with van der Waals surface area (Å²) in [7, 11) is -3.93. The summed E-state index contributed by atoms with van der Waals surface area (Å²) in [5.41, 5.74) is 2.78. The topological polar surface area (TPSA) is 102 Å². The highest BCUT2D eigenvalue weighted by Crippen LogP contribution is 2.52. The van der Waals surface area contributed by atoms with Crippen molar-refractivity contribution in [2.75, 3.05) is 18.0 Å². The molecule has 4 aliphatic rings. The minimum Gasteiger partial charge on any atom is -0.487 e. The van der Waals surface area contributed by atoms with Gasteiger partial charge in [-0.25, -0.2) is 13.1 Å². The first-order valence-corrected chi connectivity index (χ1v) is 18.5. The summed E-state index contributed by atoms with van der Waals surface area (Å²) in [4.78, 5) is 28.6. The van der Waals surface area contributed by atoms with Gasteiger partial charge < -0.3 is 14.4 Å². The zero-order chi connectivity index (χ0) is 31.9. The fourth-order valence-electron chi connectivity index (χ4n) is 7.90. The first-order valence-electron chi connectivity index (χ1n) is 16.5. The Morgan fingerprint density at radius 3 is 2.53 bits per heavy atom. The van der Waals surface area contributed by atoms with Gasteiger partial charge in [0.2, 0.25) is 10.0 Å². The number of carbonyl (C=O) groups excluding carboxylic acids is 2. The van der Waals surface area contributed by atoms with Gasteiger partial charge >= 0.3 is 5.97 Å². The molecule has 1 N–H and O–H groups in total. The molecule has 2 aromatic carbocycles. The summed E-state index contributed by atoms with van der Waals surface area (Å²) in [5.74, 6) is 0.113. The first-order chi connectivity index (χ1) is 21.5. The van der Waals surface area contributed by atoms with Crippen molar-refractivity contribution in [1.82, 2.24) is 4.72 Å². The molecule has 1 spiro atoms. The molecule has 6 rings (SSSR count). The summed E-state index contributed by atoms with van der Waals surface area (Å²) in [5, 5.41) is -0.0589. The Morgan fingerprint density at radius 1 is 0.978 bits per heavy atom. The molecule has 10 heteroatoms. The van der Waals surface area contributed by atoms with Crippen molar-refractivity contribution < 1.29 is 27.5 Å². The number of sulfonamides is 1. The van der Waals surface area contributed by atoms with Crippen molar-refractivity contribution in [1.29, 1.82) is 0 Å². The lowest BCUT2D eigenvalue weighted by Crippen LogP contribution is -2.51. The molecule has 8 nitrogen and oxygen atoms in total. The molecule has 1 amide bonds. The molecular formula is C35H45ClN2O6S. The van der Waals surface area contributed by atoms with Crippen LogP contribution in [0.1, 0.15) is 93.6 Å². The molecule has 0 aromatic heterocycles. The van der Waals surface area contributed by atoms with Gasteiger partial charge in [0.15, 0.2) is 0 Å². The third-order valence-electron chi connectivity index (χ3n) is 10.9. The number of carbonyl (C=O) groups is 2. The van der Waals surface area contributed by atoms with Crippen LogP contribution in [0.4, 0.5) is 5.69 Å². The monoisotopic (exact) mass is 656 g/mol. The Kier molecular flexibility index (Phi) is 9.14. The predicted octanol–water partition coefficient (Wildman–Crippen LogP) is 6.68. The Labute approximate surface area is 272 Å². The smallest absolute Gasteiger partial charge is 0.309 e. The van der Waals surface area contributed by atoms with Crippen LogP contribution in [0.2, 0.25) is 5.02 Å². The molecule has 1 saturated heterocycles. The van der Waals surface area contributed by atoms with Crippen LogP contribution >= 0.6 is 11.6 Å². The van der Waals surface area contributed by atoms with Crippen LogP contribution in [0.15, 0.2) is 36.4 Å². The van der Waals surface area contributed by atoms with Crippen LogP contribution in [-0.4, -0.2) is 44.2 Å². The number of ether oxygens (including phenoxy) is 2. The maximum Gasteiger partial charge on any atom is 0.309 e. The van der Waals surface area contributed by atoms with Gasteiger partial charge in [-0.3, -0.25) is 9.59 Å². The highest BCUT2D eigenvalue weighted by molar-refractivity contribution is 7.90. The van der Waals surface area contributed by atoms with E-state index in [1.54, 1.807) is 25.1 Å². The van der Waals surface area contributed by atoms with Gasteiger partial charge in [0.1, 0.15) is 18.0 Å². The molecule has 244 valence electrons. The Bertz CT molecular complexity index is 1560. The van der Waals surface area contributed by atoms with Gasteiger partial charge in [0, 0.05) is 36.0 Å². The van der Waals surface area contributed by atoms with Crippen molar-refractivity contribution in [3.8, 4) is 5.75 Å². The van der Waals surface area contributed by atoms with E-state index < -0.39 is 26.8 Å². The molecule has 0 unspecified atom stereocenters. The van der Waals surface area contributed by atoms with Gasteiger partial charge in [-0.15, -0.1) is 0 Å². The largest absolute Gasteiger partial charge is 0.487 e. The van der Waals surface area contributed by atoms with E-state index in [1.807, 2.05) is 32.0 Å². The second-order valence-electron chi connectivity index (χ2n) is 13.9. The maximum absolute atomic E-state index is 13.4. The molecule has 1 saturated carbocycles. The van der Waals surface area contributed by atoms with Crippen LogP contribution in [0.3, 0.4) is 0 Å². The van der Waals surface area contributed by atoms with E-state index in [0.717, 1.165) is 69.3 Å². The number of halogens is 1. The number of hydrogen-bond acceptors (Lipinski definition) is 7. The Balaban J connectivity index is 1.40. The fourth-order valence-corrected chi connectivity index (χ4v) is 9.40. The summed E-state index contributed by atoms with van der Waals surface area (Å²) in [6, 6.07) is 11.1. The van der Waals surface area contributed by atoms with Crippen molar-refractivity contribution in [3.63, 3.8) is 0 Å². The Morgan fingerprint density at radius 2 is 1.80 bits per heavy atom. The van der Waals surface area contributed by atoms with E-state index in [1.165, 1.54) is 5.56 Å². The van der Waals surface area contributed by atoms with Crippen molar-refractivity contribution in [2.24, 2.45) is 23.7 Å². The fraction of sp³-hybridized carbons (Fsp3) is 0.600. The highest BCUT2D eigenvalue weighted by atomic mass is 35.5. The second-order valence-corrected chi connectivity index (χ2v) is 16.3. The molecule has 0 radical (unpaired) electrons. The van der Waals surface area contributed by atoms with E-state index in [2.05, 4.69) is 9.62 Å². The third-order valence-corrected chi connectivity index (χ3v) is 13.1. The second kappa shape index (κ2) is 12.8. The molecule has 3 aliphatic heterocycles. The third kappa shape index (κ3) is 6.57. The van der Waals surface area contributed by atoms with Gasteiger partial charge in [0.05, 0.1) is 16.9 Å². The minimum atomic E-state index is -3.93. The van der Waals surface area contributed by atoms with Crippen molar-refractivity contribution in [3.05, 3.63) is 58.1 Å². The lowest BCUT2D eigenvalue weighted by atomic mass is 9.61. The molecule has 1 aliphatic carbocycles. The van der Waals surface area contributed by atoms with Crippen molar-refractivity contribution >= 4 is 39.2 Å². The number of aryl methyl sites for hydroxylation is 1. The van der Waals surface area contributed by atoms with Crippen LogP contribution in [0, 0.1) is 23.7 Å². The van der Waals surface area contributed by atoms with E-state index in [0.29, 0.717) is 36.1 Å². The molecular weight excluding hydrogens is 612 g/mol. The molecule has 45 heavy (non-hydrogen) atoms. The molecule has 2 fully saturated rings. The molecule has 2 bridgehead atoms. The standard InChI is InChI=1S/C35H45ClN2O6S/c1-22-7-6-15-35(19-23(2)34(40)44-35)30-13-10-27(30)20-38-16-5-4-8-25-17-29(36)12-9-28(25)21-43-32-14-11-26(18-31(32)38)33(39)37-45(41,42)24(22)3/h9,11-12,14,17-18,22-24,27,30H,4-8,10,13,15-16,19-21H2,1-3H3,(H,37,39)/t22-,23+,24-,27+,30-,35+/m1/s1. The number of esters is 1. The SMILES string of the molecule is C[C@@H]1CCC[C@]2(C[C@H](C)C(=O)O2)[C@@H]2CC[C@H]2CN2CCCCc3cc(Cl)ccc3COc3ccc(cc32)C(=O)NS(=O)(=O)[C@@H]1C. The van der Waals surface area contributed by atoms with Gasteiger partial charge in [0.25, 0.3) is 5.91 Å². The van der Waals surface area contributed by atoms with Gasteiger partial charge in [-0.1, -0.05) is 31.5 Å². The highest BCUT2D eigenvalue weighted by Gasteiger charge is 2.55. The number of nitrogens with one attached hydrogen (secondary N) is 1. The van der Waals surface area contributed by atoms with E-state index in [9.17, 15) is 18.0 Å². The van der Waals surface area contributed by atoms with Crippen LogP contribution < -0.4 is 14.4 Å². The number of anilines is 1. The normalized spacial score (nSPS) is 32.2. The average molecular weight is 657 g/mol. The number of fused-ring (bicyclic) bond motifs is 4. The molecule has 6 atom stereocenters. The van der Waals surface area contributed by atoms with Crippen LogP contribution in [0.5, 0.6) is 5.75 Å². The maximum atomic E-state index is 13.4. The van der Waals surface area contributed by atoms with Crippen molar-refractivity contribution in [2.45, 2.75) is 96.0 Å². The summed E-state index contributed by atoms with van der Waals surface area (Å²) < 4.78 is 41.8. The molecule has 2 aromatic rings. The summed E-state index contributed by atoms with van der Waals surface area (Å²) in [6.45, 7) is 7.38. The van der Waals surface area contributed by atoms with Gasteiger partial charge in [-0.2, -0.15) is 0 Å². The molecule has 3 heterocycles. The lowest BCUT2D eigenvalue weighted by molar-refractivity contribution is -0.162. The quantitative estimate of drug-likeness (QED) is 0.316. The van der Waals surface area contributed by atoms with Gasteiger partial charge in [-0.05, 0) is 112 Å². The number of amides is 1. The average Bonchev–Trinajstić information content (AvgIpc) is 3.25. The van der Waals surface area contributed by atoms with E-state index >= 15 is 0 Å². The zero-order valence-corrected chi connectivity index (χ0v) is 28.1. The zero-order valence-electron chi connectivity index (χ0n) is 26.5.